The molecular formula is C9H18N2O3. The van der Waals surface area contributed by atoms with Crippen LogP contribution in [0.15, 0.2) is 0 Å². The highest BCUT2D eigenvalue weighted by molar-refractivity contribution is 5.78. The smallest absolute Gasteiger partial charge is 0.319 e. The fourth-order valence-corrected chi connectivity index (χ4v) is 0.748. The van der Waals surface area contributed by atoms with Gasteiger partial charge in [0.15, 0.2) is 0 Å². The van der Waals surface area contributed by atoms with E-state index in [1.165, 1.54) is 0 Å². The first-order valence-corrected chi connectivity index (χ1v) is 4.77. The van der Waals surface area contributed by atoms with Crippen LogP contribution < -0.4 is 10.6 Å². The molecule has 0 fully saturated rings. The van der Waals surface area contributed by atoms with Crippen molar-refractivity contribution in [3.05, 3.63) is 0 Å². The monoisotopic (exact) mass is 202 g/mol. The molecule has 5 heteroatoms. The van der Waals surface area contributed by atoms with Crippen LogP contribution in [-0.4, -0.2) is 38.6 Å². The molecule has 0 heterocycles. The summed E-state index contributed by atoms with van der Waals surface area (Å²) in [5.41, 5.74) is 0. The van der Waals surface area contributed by atoms with Gasteiger partial charge in [-0.15, -0.1) is 0 Å². The fraction of sp³-hybridized carbons (Fsp3) is 0.778. The first-order chi connectivity index (χ1) is 6.70. The van der Waals surface area contributed by atoms with Crippen molar-refractivity contribution < 1.29 is 14.3 Å². The van der Waals surface area contributed by atoms with Crippen molar-refractivity contribution in [2.24, 2.45) is 0 Å². The standard InChI is InChI=1S/C9H18N2O3/c1-3-4-5-14-9(13)7-11-6-8(12)10-2/h11H,3-7H2,1-2H3,(H,10,12). The summed E-state index contributed by atoms with van der Waals surface area (Å²) in [6.45, 7) is 2.70. The summed E-state index contributed by atoms with van der Waals surface area (Å²) in [7, 11) is 1.55. The van der Waals surface area contributed by atoms with Gasteiger partial charge in [0, 0.05) is 7.05 Å². The topological polar surface area (TPSA) is 67.4 Å². The van der Waals surface area contributed by atoms with E-state index in [1.807, 2.05) is 6.92 Å². The summed E-state index contributed by atoms with van der Waals surface area (Å²) in [4.78, 5) is 21.7. The quantitative estimate of drug-likeness (QED) is 0.438. The summed E-state index contributed by atoms with van der Waals surface area (Å²) in [5, 5.41) is 5.11. The average molecular weight is 202 g/mol. The Morgan fingerprint density at radius 1 is 1.29 bits per heavy atom. The van der Waals surface area contributed by atoms with E-state index in [0.29, 0.717) is 6.61 Å². The maximum Gasteiger partial charge on any atom is 0.319 e. The number of carbonyl (C=O) groups excluding carboxylic acids is 2. The molecule has 0 bridgehead atoms. The van der Waals surface area contributed by atoms with Crippen LogP contribution in [0.25, 0.3) is 0 Å². The second-order valence-electron chi connectivity index (χ2n) is 2.85. The van der Waals surface area contributed by atoms with Crippen molar-refractivity contribution >= 4 is 11.9 Å². The Balaban J connectivity index is 3.31. The Kier molecular flexibility index (Phi) is 7.83. The van der Waals surface area contributed by atoms with E-state index in [9.17, 15) is 9.59 Å². The molecule has 0 saturated carbocycles. The predicted molar refractivity (Wildman–Crippen MR) is 52.8 cm³/mol. The first-order valence-electron chi connectivity index (χ1n) is 4.77. The maximum absolute atomic E-state index is 11.0. The van der Waals surface area contributed by atoms with Crippen molar-refractivity contribution in [2.75, 3.05) is 26.7 Å². The predicted octanol–water partition coefficient (Wildman–Crippen LogP) is -0.335. The Bertz CT molecular complexity index is 183. The molecule has 0 aliphatic rings. The van der Waals surface area contributed by atoms with Gasteiger partial charge in [-0.2, -0.15) is 0 Å². The third-order valence-electron chi connectivity index (χ3n) is 1.59. The number of carbonyl (C=O) groups is 2. The number of likely N-dealkylation sites (N-methyl/N-ethyl adjacent to an activating group) is 1. The van der Waals surface area contributed by atoms with Gasteiger partial charge in [0.1, 0.15) is 0 Å². The Morgan fingerprint density at radius 2 is 2.00 bits per heavy atom. The number of amides is 1. The summed E-state index contributed by atoms with van der Waals surface area (Å²) in [5.74, 6) is -0.464. The molecule has 0 aliphatic carbocycles. The summed E-state index contributed by atoms with van der Waals surface area (Å²) < 4.78 is 4.86. The molecule has 0 aromatic carbocycles. The Morgan fingerprint density at radius 3 is 2.57 bits per heavy atom. The van der Waals surface area contributed by atoms with Gasteiger partial charge in [-0.25, -0.2) is 0 Å². The van der Waals surface area contributed by atoms with Crippen LogP contribution in [-0.2, 0) is 14.3 Å². The molecule has 0 rings (SSSR count). The van der Waals surface area contributed by atoms with Gasteiger partial charge >= 0.3 is 5.97 Å². The molecule has 2 N–H and O–H groups in total. The van der Waals surface area contributed by atoms with E-state index in [2.05, 4.69) is 10.6 Å². The minimum atomic E-state index is -0.317. The van der Waals surface area contributed by atoms with E-state index in [1.54, 1.807) is 7.05 Å². The van der Waals surface area contributed by atoms with Gasteiger partial charge in [-0.05, 0) is 6.42 Å². The Labute approximate surface area is 84.2 Å². The zero-order valence-electron chi connectivity index (χ0n) is 8.76. The van der Waals surface area contributed by atoms with Gasteiger partial charge in [-0.3, -0.25) is 14.9 Å². The van der Waals surface area contributed by atoms with Gasteiger partial charge < -0.3 is 10.1 Å². The molecule has 0 radical (unpaired) electrons. The lowest BCUT2D eigenvalue weighted by molar-refractivity contribution is -0.142. The second-order valence-corrected chi connectivity index (χ2v) is 2.85. The van der Waals surface area contributed by atoms with Gasteiger partial charge in [0.25, 0.3) is 0 Å². The maximum atomic E-state index is 11.0. The van der Waals surface area contributed by atoms with E-state index in [0.717, 1.165) is 12.8 Å². The first kappa shape index (κ1) is 12.9. The van der Waals surface area contributed by atoms with Crippen LogP contribution in [0.2, 0.25) is 0 Å². The highest BCUT2D eigenvalue weighted by Crippen LogP contribution is 1.87. The molecule has 0 spiro atoms. The fourth-order valence-electron chi connectivity index (χ4n) is 0.748. The van der Waals surface area contributed by atoms with Crippen molar-refractivity contribution in [3.63, 3.8) is 0 Å². The average Bonchev–Trinajstić information content (AvgIpc) is 2.18. The molecule has 0 aliphatic heterocycles. The number of unbranched alkanes of at least 4 members (excludes halogenated alkanes) is 1. The number of esters is 1. The normalized spacial score (nSPS) is 9.57. The van der Waals surface area contributed by atoms with Crippen LogP contribution in [0, 0.1) is 0 Å². The van der Waals surface area contributed by atoms with Gasteiger partial charge in [-0.1, -0.05) is 13.3 Å². The molecular weight excluding hydrogens is 184 g/mol. The third kappa shape index (κ3) is 7.54. The molecule has 0 unspecified atom stereocenters. The Hall–Kier alpha value is -1.10. The summed E-state index contributed by atoms with van der Waals surface area (Å²) in [6.07, 6.45) is 1.88. The van der Waals surface area contributed by atoms with Gasteiger partial charge in [0.2, 0.25) is 5.91 Å². The van der Waals surface area contributed by atoms with Crippen molar-refractivity contribution in [1.82, 2.24) is 10.6 Å². The SMILES string of the molecule is CCCCOC(=O)CNCC(=O)NC. The van der Waals surface area contributed by atoms with Crippen LogP contribution in [0.1, 0.15) is 19.8 Å². The van der Waals surface area contributed by atoms with Crippen LogP contribution in [0.3, 0.4) is 0 Å². The minimum Gasteiger partial charge on any atom is -0.465 e. The van der Waals surface area contributed by atoms with Crippen LogP contribution in [0.5, 0.6) is 0 Å². The highest BCUT2D eigenvalue weighted by Gasteiger charge is 2.02. The van der Waals surface area contributed by atoms with Crippen LogP contribution in [0.4, 0.5) is 0 Å². The van der Waals surface area contributed by atoms with E-state index < -0.39 is 0 Å². The third-order valence-corrected chi connectivity index (χ3v) is 1.59. The van der Waals surface area contributed by atoms with Gasteiger partial charge in [0.05, 0.1) is 19.7 Å². The number of rotatable bonds is 7. The largest absolute Gasteiger partial charge is 0.465 e. The lowest BCUT2D eigenvalue weighted by atomic mass is 10.4. The molecule has 82 valence electrons. The number of hydrogen-bond acceptors (Lipinski definition) is 4. The molecule has 1 amide bonds. The van der Waals surface area contributed by atoms with Crippen molar-refractivity contribution in [3.8, 4) is 0 Å². The zero-order chi connectivity index (χ0) is 10.8. The van der Waals surface area contributed by atoms with E-state index in [-0.39, 0.29) is 25.0 Å². The molecule has 0 aromatic heterocycles. The van der Waals surface area contributed by atoms with E-state index >= 15 is 0 Å². The lowest BCUT2D eigenvalue weighted by Crippen LogP contribution is -2.34. The lowest BCUT2D eigenvalue weighted by Gasteiger charge is -2.04. The zero-order valence-corrected chi connectivity index (χ0v) is 8.76. The summed E-state index contributed by atoms with van der Waals surface area (Å²) in [6, 6.07) is 0. The molecule has 14 heavy (non-hydrogen) atoms. The number of ether oxygens (including phenoxy) is 1. The minimum absolute atomic E-state index is 0.0805. The molecule has 0 saturated heterocycles. The van der Waals surface area contributed by atoms with Crippen LogP contribution >= 0.6 is 0 Å². The van der Waals surface area contributed by atoms with Crippen molar-refractivity contribution in [2.45, 2.75) is 19.8 Å². The second kappa shape index (κ2) is 8.50. The molecule has 0 atom stereocenters. The molecule has 5 nitrogen and oxygen atoms in total. The summed E-state index contributed by atoms with van der Waals surface area (Å²) >= 11 is 0. The number of nitrogens with one attached hydrogen (secondary N) is 2. The molecule has 0 aromatic rings. The van der Waals surface area contributed by atoms with E-state index in [4.69, 9.17) is 4.74 Å². The highest BCUT2D eigenvalue weighted by atomic mass is 16.5. The number of hydrogen-bond donors (Lipinski definition) is 2. The van der Waals surface area contributed by atoms with Crippen molar-refractivity contribution in [1.29, 1.82) is 0 Å².